The third-order valence-electron chi connectivity index (χ3n) is 4.43. The second kappa shape index (κ2) is 10.9. The Labute approximate surface area is 195 Å². The molecule has 2 N–H and O–H groups in total. The van der Waals surface area contributed by atoms with Crippen LogP contribution in [0.3, 0.4) is 0 Å². The molecule has 2 aromatic carbocycles. The molecule has 9 heteroatoms. The van der Waals surface area contributed by atoms with Gasteiger partial charge in [0.25, 0.3) is 5.91 Å². The van der Waals surface area contributed by atoms with Crippen LogP contribution in [0.1, 0.15) is 17.3 Å². The molecule has 32 heavy (non-hydrogen) atoms. The van der Waals surface area contributed by atoms with Crippen LogP contribution in [0.5, 0.6) is 11.5 Å². The Balaban J connectivity index is 1.62. The minimum atomic E-state index is -0.356. The molecule has 0 aliphatic rings. The summed E-state index contributed by atoms with van der Waals surface area (Å²) in [6.07, 6.45) is 1.47. The number of carbonyl (C=O) groups excluding carboxylic acids is 2. The standard InChI is InChI=1S/C23H22ClN3O4S/c1-14(22(28)27-20-12-7-15(24)13-25-20)32-17-10-8-16(9-11-17)26-23(29)21-18(30-2)5-4-6-19(21)31-3/h4-14H,1-3H3,(H,26,29)(H,25,27,28). The minimum absolute atomic E-state index is 0.175. The molecule has 0 aliphatic heterocycles. The summed E-state index contributed by atoms with van der Waals surface area (Å²) in [5.41, 5.74) is 0.923. The van der Waals surface area contributed by atoms with Gasteiger partial charge in [0, 0.05) is 16.8 Å². The van der Waals surface area contributed by atoms with Gasteiger partial charge in [0.05, 0.1) is 24.5 Å². The first-order valence-corrected chi connectivity index (χ1v) is 10.9. The maximum absolute atomic E-state index is 12.8. The van der Waals surface area contributed by atoms with Crippen molar-refractivity contribution in [1.82, 2.24) is 4.98 Å². The molecular weight excluding hydrogens is 450 g/mol. The first-order chi connectivity index (χ1) is 15.4. The summed E-state index contributed by atoms with van der Waals surface area (Å²) in [6.45, 7) is 1.81. The van der Waals surface area contributed by atoms with Crippen molar-refractivity contribution in [3.8, 4) is 11.5 Å². The van der Waals surface area contributed by atoms with E-state index in [2.05, 4.69) is 15.6 Å². The zero-order chi connectivity index (χ0) is 23.1. The monoisotopic (exact) mass is 471 g/mol. The van der Waals surface area contributed by atoms with Crippen LogP contribution < -0.4 is 20.1 Å². The fourth-order valence-electron chi connectivity index (χ4n) is 2.82. The average Bonchev–Trinajstić information content (AvgIpc) is 2.81. The number of nitrogens with zero attached hydrogens (tertiary/aromatic N) is 1. The van der Waals surface area contributed by atoms with Crippen LogP contribution in [0.25, 0.3) is 0 Å². The van der Waals surface area contributed by atoms with E-state index in [0.717, 1.165) is 4.90 Å². The molecule has 1 unspecified atom stereocenters. The highest BCUT2D eigenvalue weighted by Crippen LogP contribution is 2.30. The van der Waals surface area contributed by atoms with Gasteiger partial charge < -0.3 is 20.1 Å². The molecule has 2 amide bonds. The molecule has 3 rings (SSSR count). The number of rotatable bonds is 8. The van der Waals surface area contributed by atoms with Crippen molar-refractivity contribution in [3.05, 3.63) is 71.4 Å². The van der Waals surface area contributed by atoms with Gasteiger partial charge in [0.1, 0.15) is 22.9 Å². The zero-order valence-corrected chi connectivity index (χ0v) is 19.3. The fraction of sp³-hybridized carbons (Fsp3) is 0.174. The van der Waals surface area contributed by atoms with Crippen LogP contribution in [-0.4, -0.2) is 36.3 Å². The number of nitrogens with one attached hydrogen (secondary N) is 2. The summed E-state index contributed by atoms with van der Waals surface area (Å²) in [7, 11) is 3.00. The molecule has 0 aliphatic carbocycles. The Hall–Kier alpha value is -3.23. The largest absolute Gasteiger partial charge is 0.496 e. The molecule has 1 aromatic heterocycles. The highest BCUT2D eigenvalue weighted by Gasteiger charge is 2.19. The van der Waals surface area contributed by atoms with Gasteiger partial charge in [-0.3, -0.25) is 9.59 Å². The van der Waals surface area contributed by atoms with Gasteiger partial charge in [-0.15, -0.1) is 11.8 Å². The van der Waals surface area contributed by atoms with Gasteiger partial charge >= 0.3 is 0 Å². The molecule has 7 nitrogen and oxygen atoms in total. The van der Waals surface area contributed by atoms with Crippen LogP contribution in [0.15, 0.2) is 65.7 Å². The number of pyridine rings is 1. The number of benzene rings is 2. The van der Waals surface area contributed by atoms with Crippen LogP contribution in [0, 0.1) is 0 Å². The second-order valence-corrected chi connectivity index (χ2v) is 8.48. The van der Waals surface area contributed by atoms with Crippen LogP contribution in [0.2, 0.25) is 5.02 Å². The van der Waals surface area contributed by atoms with Gasteiger partial charge in [-0.2, -0.15) is 0 Å². The Morgan fingerprint density at radius 2 is 1.62 bits per heavy atom. The third kappa shape index (κ3) is 5.93. The molecule has 0 fully saturated rings. The number of amides is 2. The van der Waals surface area contributed by atoms with Crippen molar-refractivity contribution in [1.29, 1.82) is 0 Å². The predicted octanol–water partition coefficient (Wildman–Crippen LogP) is 5.12. The summed E-state index contributed by atoms with van der Waals surface area (Å²) in [6, 6.07) is 15.7. The normalized spacial score (nSPS) is 11.4. The van der Waals surface area contributed by atoms with Gasteiger partial charge in [0.2, 0.25) is 5.91 Å². The first kappa shape index (κ1) is 23.4. The van der Waals surface area contributed by atoms with Crippen LogP contribution >= 0.6 is 23.4 Å². The second-order valence-electron chi connectivity index (χ2n) is 6.63. The maximum atomic E-state index is 12.8. The van der Waals surface area contributed by atoms with Crippen molar-refractivity contribution >= 4 is 46.7 Å². The number of aromatic nitrogens is 1. The van der Waals surface area contributed by atoms with E-state index in [1.165, 1.54) is 32.2 Å². The van der Waals surface area contributed by atoms with Gasteiger partial charge in [-0.1, -0.05) is 17.7 Å². The molecule has 0 saturated carbocycles. The van der Waals surface area contributed by atoms with E-state index < -0.39 is 0 Å². The van der Waals surface area contributed by atoms with E-state index in [1.807, 2.05) is 12.1 Å². The lowest BCUT2D eigenvalue weighted by Gasteiger charge is -2.14. The molecule has 0 saturated heterocycles. The molecular formula is C23H22ClN3O4S. The summed E-state index contributed by atoms with van der Waals surface area (Å²) in [5, 5.41) is 5.74. The predicted molar refractivity (Wildman–Crippen MR) is 127 cm³/mol. The number of anilines is 2. The zero-order valence-electron chi connectivity index (χ0n) is 17.7. The van der Waals surface area contributed by atoms with E-state index in [-0.39, 0.29) is 17.1 Å². The van der Waals surface area contributed by atoms with Gasteiger partial charge in [-0.25, -0.2) is 4.98 Å². The van der Waals surface area contributed by atoms with Crippen LogP contribution in [0.4, 0.5) is 11.5 Å². The van der Waals surface area contributed by atoms with Gasteiger partial charge in [-0.05, 0) is 55.5 Å². The first-order valence-electron chi connectivity index (χ1n) is 9.62. The van der Waals surface area contributed by atoms with Crippen molar-refractivity contribution in [2.75, 3.05) is 24.9 Å². The number of halogens is 1. The highest BCUT2D eigenvalue weighted by atomic mass is 35.5. The Kier molecular flexibility index (Phi) is 7.97. The third-order valence-corrected chi connectivity index (χ3v) is 5.76. The number of hydrogen-bond acceptors (Lipinski definition) is 6. The van der Waals surface area contributed by atoms with Crippen LogP contribution in [-0.2, 0) is 4.79 Å². The number of thioether (sulfide) groups is 1. The summed E-state index contributed by atoms with van der Waals surface area (Å²) >= 11 is 7.20. The number of methoxy groups -OCH3 is 2. The number of ether oxygens (including phenoxy) is 2. The minimum Gasteiger partial charge on any atom is -0.496 e. The van der Waals surface area contributed by atoms with Crippen molar-refractivity contribution in [3.63, 3.8) is 0 Å². The Morgan fingerprint density at radius 3 is 2.19 bits per heavy atom. The molecule has 1 atom stereocenters. The summed E-state index contributed by atoms with van der Waals surface area (Å²) in [5.74, 6) is 0.762. The van der Waals surface area contributed by atoms with E-state index in [0.29, 0.717) is 33.6 Å². The quantitative estimate of drug-likeness (QED) is 0.443. The lowest BCUT2D eigenvalue weighted by molar-refractivity contribution is -0.115. The van der Waals surface area contributed by atoms with E-state index >= 15 is 0 Å². The van der Waals surface area contributed by atoms with Crippen molar-refractivity contribution < 1.29 is 19.1 Å². The smallest absolute Gasteiger partial charge is 0.263 e. The Morgan fingerprint density at radius 1 is 0.969 bits per heavy atom. The number of hydrogen-bond donors (Lipinski definition) is 2. The molecule has 1 heterocycles. The van der Waals surface area contributed by atoms with E-state index in [4.69, 9.17) is 21.1 Å². The summed E-state index contributed by atoms with van der Waals surface area (Å²) < 4.78 is 10.6. The molecule has 0 spiro atoms. The van der Waals surface area contributed by atoms with Gasteiger partial charge in [0.15, 0.2) is 0 Å². The molecule has 3 aromatic rings. The maximum Gasteiger partial charge on any atom is 0.263 e. The Bertz CT molecular complexity index is 1070. The fourth-order valence-corrected chi connectivity index (χ4v) is 3.80. The highest BCUT2D eigenvalue weighted by molar-refractivity contribution is 8.00. The molecule has 0 radical (unpaired) electrons. The molecule has 166 valence electrons. The lowest BCUT2D eigenvalue weighted by atomic mass is 10.1. The number of carbonyl (C=O) groups is 2. The van der Waals surface area contributed by atoms with E-state index in [9.17, 15) is 9.59 Å². The van der Waals surface area contributed by atoms with Crippen molar-refractivity contribution in [2.24, 2.45) is 0 Å². The van der Waals surface area contributed by atoms with Crippen molar-refractivity contribution in [2.45, 2.75) is 17.1 Å². The SMILES string of the molecule is COc1cccc(OC)c1C(=O)Nc1ccc(SC(C)C(=O)Nc2ccc(Cl)cn2)cc1. The lowest BCUT2D eigenvalue weighted by Crippen LogP contribution is -2.22. The van der Waals surface area contributed by atoms with E-state index in [1.54, 1.807) is 49.4 Å². The topological polar surface area (TPSA) is 89.5 Å². The molecule has 0 bridgehead atoms. The summed E-state index contributed by atoms with van der Waals surface area (Å²) in [4.78, 5) is 30.1. The average molecular weight is 472 g/mol.